The van der Waals surface area contributed by atoms with Crippen molar-refractivity contribution in [2.24, 2.45) is 0 Å². The van der Waals surface area contributed by atoms with Crippen LogP contribution in [0.4, 0.5) is 5.82 Å². The normalized spacial score (nSPS) is 18.1. The van der Waals surface area contributed by atoms with Crippen LogP contribution in [0, 0.1) is 6.92 Å². The second kappa shape index (κ2) is 8.46. The summed E-state index contributed by atoms with van der Waals surface area (Å²) in [4.78, 5) is 38.4. The van der Waals surface area contributed by atoms with Crippen LogP contribution in [0.5, 0.6) is 0 Å². The van der Waals surface area contributed by atoms with Crippen LogP contribution in [0.15, 0.2) is 17.6 Å². The second-order valence-electron chi connectivity index (χ2n) is 7.41. The summed E-state index contributed by atoms with van der Waals surface area (Å²) in [6.45, 7) is 5.47. The average Bonchev–Trinajstić information content (AvgIpc) is 3.19. The highest BCUT2D eigenvalue weighted by Gasteiger charge is 2.28. The van der Waals surface area contributed by atoms with Gasteiger partial charge in [0.25, 0.3) is 11.8 Å². The summed E-state index contributed by atoms with van der Waals surface area (Å²) >= 11 is 1.39. The Hall–Kier alpha value is -2.52. The number of hydrogen-bond acceptors (Lipinski definition) is 7. The molecule has 0 saturated carbocycles. The van der Waals surface area contributed by atoms with Crippen LogP contribution in [0.3, 0.4) is 0 Å². The summed E-state index contributed by atoms with van der Waals surface area (Å²) in [5.74, 6) is 0.474. The summed E-state index contributed by atoms with van der Waals surface area (Å²) in [5, 5.41) is 0. The molecule has 2 N–H and O–H groups in total. The third-order valence-corrected chi connectivity index (χ3v) is 6.53. The quantitative estimate of drug-likeness (QED) is 0.822. The van der Waals surface area contributed by atoms with E-state index in [1.54, 1.807) is 16.5 Å². The van der Waals surface area contributed by atoms with E-state index >= 15 is 0 Å². The van der Waals surface area contributed by atoms with Crippen LogP contribution in [0.1, 0.15) is 50.2 Å². The molecular weight excluding hydrogens is 390 g/mol. The third kappa shape index (κ3) is 4.11. The number of rotatable bonds is 3. The van der Waals surface area contributed by atoms with E-state index in [-0.39, 0.29) is 23.6 Å². The Bertz CT molecular complexity index is 901. The molecule has 2 saturated heterocycles. The standard InChI is InChI=1S/C20H25N5O3S/c1-13-17(29-12-22-13)20(27)24-6-4-14(5-7-24)16-3-2-15(18(21)23-16)19(26)25-8-10-28-11-9-25/h2-3,12,14H,4-11H2,1H3,(H2,21,23). The largest absolute Gasteiger partial charge is 0.383 e. The minimum absolute atomic E-state index is 0.0578. The van der Waals surface area contributed by atoms with Gasteiger partial charge in [-0.25, -0.2) is 9.97 Å². The van der Waals surface area contributed by atoms with E-state index in [1.165, 1.54) is 11.3 Å². The Morgan fingerprint density at radius 2 is 1.79 bits per heavy atom. The number of likely N-dealkylation sites (tertiary alicyclic amines) is 1. The summed E-state index contributed by atoms with van der Waals surface area (Å²) < 4.78 is 5.30. The van der Waals surface area contributed by atoms with E-state index in [0.717, 1.165) is 29.1 Å². The molecule has 154 valence electrons. The Labute approximate surface area is 173 Å². The minimum Gasteiger partial charge on any atom is -0.383 e. The van der Waals surface area contributed by atoms with Crippen LogP contribution in [-0.4, -0.2) is 71.0 Å². The van der Waals surface area contributed by atoms with Crippen molar-refractivity contribution in [3.63, 3.8) is 0 Å². The van der Waals surface area contributed by atoms with Crippen LogP contribution in [0.25, 0.3) is 0 Å². The van der Waals surface area contributed by atoms with Crippen molar-refractivity contribution in [1.29, 1.82) is 0 Å². The summed E-state index contributed by atoms with van der Waals surface area (Å²) in [6.07, 6.45) is 1.65. The zero-order valence-electron chi connectivity index (χ0n) is 16.5. The van der Waals surface area contributed by atoms with E-state index in [2.05, 4.69) is 9.97 Å². The van der Waals surface area contributed by atoms with E-state index in [9.17, 15) is 9.59 Å². The molecule has 29 heavy (non-hydrogen) atoms. The molecular formula is C20H25N5O3S. The minimum atomic E-state index is -0.0924. The molecule has 8 nitrogen and oxygen atoms in total. The molecule has 2 aromatic heterocycles. The number of anilines is 1. The van der Waals surface area contributed by atoms with Gasteiger partial charge in [-0.05, 0) is 31.9 Å². The number of piperidine rings is 1. The van der Waals surface area contributed by atoms with Crippen molar-refractivity contribution in [1.82, 2.24) is 19.8 Å². The molecule has 0 radical (unpaired) electrons. The van der Waals surface area contributed by atoms with Gasteiger partial charge in [-0.15, -0.1) is 11.3 Å². The number of carbonyl (C=O) groups excluding carboxylic acids is 2. The maximum Gasteiger partial charge on any atom is 0.265 e. The van der Waals surface area contributed by atoms with Crippen molar-refractivity contribution in [2.45, 2.75) is 25.7 Å². The van der Waals surface area contributed by atoms with Gasteiger partial charge in [0.2, 0.25) is 0 Å². The third-order valence-electron chi connectivity index (χ3n) is 5.62. The van der Waals surface area contributed by atoms with Gasteiger partial charge in [0.1, 0.15) is 10.7 Å². The van der Waals surface area contributed by atoms with Gasteiger partial charge in [-0.3, -0.25) is 9.59 Å². The number of thiazole rings is 1. The highest BCUT2D eigenvalue weighted by molar-refractivity contribution is 7.11. The fraction of sp³-hybridized carbons (Fsp3) is 0.500. The van der Waals surface area contributed by atoms with Crippen molar-refractivity contribution in [3.8, 4) is 0 Å². The molecule has 2 amide bonds. The van der Waals surface area contributed by atoms with E-state index in [1.807, 2.05) is 17.9 Å². The van der Waals surface area contributed by atoms with Gasteiger partial charge in [0.05, 0.1) is 30.0 Å². The van der Waals surface area contributed by atoms with Crippen molar-refractivity contribution < 1.29 is 14.3 Å². The molecule has 0 unspecified atom stereocenters. The fourth-order valence-corrected chi connectivity index (χ4v) is 4.63. The maximum absolute atomic E-state index is 12.7. The Kier molecular flexibility index (Phi) is 5.77. The van der Waals surface area contributed by atoms with Gasteiger partial charge in [0, 0.05) is 37.8 Å². The highest BCUT2D eigenvalue weighted by Crippen LogP contribution is 2.29. The predicted molar refractivity (Wildman–Crippen MR) is 110 cm³/mol. The van der Waals surface area contributed by atoms with E-state index < -0.39 is 0 Å². The van der Waals surface area contributed by atoms with Crippen LogP contribution in [-0.2, 0) is 4.74 Å². The zero-order chi connectivity index (χ0) is 20.4. The lowest BCUT2D eigenvalue weighted by atomic mass is 9.92. The molecule has 2 aliphatic rings. The number of pyridine rings is 1. The number of aryl methyl sites for hydroxylation is 1. The molecule has 9 heteroatoms. The van der Waals surface area contributed by atoms with Crippen molar-refractivity contribution in [3.05, 3.63) is 39.5 Å². The first kappa shape index (κ1) is 19.8. The predicted octanol–water partition coefficient (Wildman–Crippen LogP) is 1.92. The number of ether oxygens (including phenoxy) is 1. The van der Waals surface area contributed by atoms with Gasteiger partial charge in [-0.1, -0.05) is 0 Å². The van der Waals surface area contributed by atoms with Gasteiger partial charge >= 0.3 is 0 Å². The average molecular weight is 416 g/mol. The second-order valence-corrected chi connectivity index (χ2v) is 8.26. The summed E-state index contributed by atoms with van der Waals surface area (Å²) in [5.41, 5.74) is 9.97. The number of nitrogen functional groups attached to an aromatic ring is 1. The molecule has 0 aliphatic carbocycles. The molecule has 0 spiro atoms. The summed E-state index contributed by atoms with van der Waals surface area (Å²) in [7, 11) is 0. The first-order chi connectivity index (χ1) is 14.0. The molecule has 0 aromatic carbocycles. The van der Waals surface area contributed by atoms with Crippen LogP contribution < -0.4 is 5.73 Å². The molecule has 0 bridgehead atoms. The number of aromatic nitrogens is 2. The lowest BCUT2D eigenvalue weighted by Gasteiger charge is -2.32. The number of nitrogens with zero attached hydrogens (tertiary/aromatic N) is 4. The first-order valence-electron chi connectivity index (χ1n) is 9.87. The number of hydrogen-bond donors (Lipinski definition) is 1. The lowest BCUT2D eigenvalue weighted by molar-refractivity contribution is 0.0303. The number of morpholine rings is 1. The number of carbonyl (C=O) groups is 2. The molecule has 0 atom stereocenters. The first-order valence-corrected chi connectivity index (χ1v) is 10.8. The lowest BCUT2D eigenvalue weighted by Crippen LogP contribution is -2.41. The SMILES string of the molecule is Cc1ncsc1C(=O)N1CCC(c2ccc(C(=O)N3CCOCC3)c(N)n2)CC1. The van der Waals surface area contributed by atoms with E-state index in [0.29, 0.717) is 45.0 Å². The Balaban J connectivity index is 1.40. The van der Waals surface area contributed by atoms with Gasteiger partial charge in [0.15, 0.2) is 0 Å². The number of amides is 2. The van der Waals surface area contributed by atoms with Crippen LogP contribution >= 0.6 is 11.3 Å². The smallest absolute Gasteiger partial charge is 0.265 e. The van der Waals surface area contributed by atoms with Crippen LogP contribution in [0.2, 0.25) is 0 Å². The molecule has 4 heterocycles. The maximum atomic E-state index is 12.7. The van der Waals surface area contributed by atoms with E-state index in [4.69, 9.17) is 10.5 Å². The van der Waals surface area contributed by atoms with Crippen molar-refractivity contribution >= 4 is 29.0 Å². The highest BCUT2D eigenvalue weighted by atomic mass is 32.1. The molecule has 2 fully saturated rings. The fourth-order valence-electron chi connectivity index (χ4n) is 3.86. The Morgan fingerprint density at radius 1 is 1.10 bits per heavy atom. The monoisotopic (exact) mass is 415 g/mol. The summed E-state index contributed by atoms with van der Waals surface area (Å²) in [6, 6.07) is 3.69. The Morgan fingerprint density at radius 3 is 2.41 bits per heavy atom. The zero-order valence-corrected chi connectivity index (χ0v) is 17.3. The van der Waals surface area contributed by atoms with Crippen molar-refractivity contribution in [2.75, 3.05) is 45.1 Å². The van der Waals surface area contributed by atoms with Gasteiger partial charge in [-0.2, -0.15) is 0 Å². The topological polar surface area (TPSA) is 102 Å². The molecule has 4 rings (SSSR count). The molecule has 2 aliphatic heterocycles. The number of nitrogens with two attached hydrogens (primary N) is 1. The van der Waals surface area contributed by atoms with Gasteiger partial charge < -0.3 is 20.3 Å². The molecule has 2 aromatic rings.